The Kier molecular flexibility index (Phi) is 3.66. The van der Waals surface area contributed by atoms with Gasteiger partial charge in [0.2, 0.25) is 6.79 Å². The molecule has 0 N–H and O–H groups in total. The maximum Gasteiger partial charge on any atom is 0.336 e. The Morgan fingerprint density at radius 2 is 2.10 bits per heavy atom. The lowest BCUT2D eigenvalue weighted by molar-refractivity contribution is -0.158. The number of rotatable bonds is 2. The molecular weight excluding hydrogens is 278 g/mol. The first-order valence-electron chi connectivity index (χ1n) is 6.57. The molecule has 0 spiro atoms. The minimum Gasteiger partial charge on any atom is -0.467 e. The fraction of sp³-hybridized carbons (Fsp3) is 0.429. The first-order chi connectivity index (χ1) is 10.2. The Bertz CT molecular complexity index is 573. The van der Waals surface area contributed by atoms with E-state index in [0.717, 1.165) is 0 Å². The van der Waals surface area contributed by atoms with Crippen LogP contribution in [0.4, 0.5) is 0 Å². The van der Waals surface area contributed by atoms with Crippen LogP contribution in [0.2, 0.25) is 0 Å². The van der Waals surface area contributed by atoms with Crippen LogP contribution in [0.1, 0.15) is 10.4 Å². The number of morpholine rings is 1. The first-order valence-corrected chi connectivity index (χ1v) is 6.57. The largest absolute Gasteiger partial charge is 0.467 e. The molecule has 7 heteroatoms. The molecule has 0 saturated carbocycles. The zero-order valence-electron chi connectivity index (χ0n) is 11.5. The Hall–Kier alpha value is -2.28. The number of carbonyl (C=O) groups is 2. The lowest BCUT2D eigenvalue weighted by atomic mass is 10.1. The van der Waals surface area contributed by atoms with Gasteiger partial charge in [0.1, 0.15) is 0 Å². The van der Waals surface area contributed by atoms with E-state index in [1.165, 1.54) is 7.11 Å². The number of hydrogen-bond donors (Lipinski definition) is 0. The van der Waals surface area contributed by atoms with Crippen molar-refractivity contribution in [1.29, 1.82) is 0 Å². The lowest BCUT2D eigenvalue weighted by Crippen LogP contribution is -2.48. The van der Waals surface area contributed by atoms with Crippen molar-refractivity contribution >= 4 is 11.9 Å². The third-order valence-electron chi connectivity index (χ3n) is 3.44. The van der Waals surface area contributed by atoms with Gasteiger partial charge in [-0.05, 0) is 18.2 Å². The molecule has 1 saturated heterocycles. The van der Waals surface area contributed by atoms with Crippen molar-refractivity contribution in [2.75, 3.05) is 33.6 Å². The number of methoxy groups -OCH3 is 1. The van der Waals surface area contributed by atoms with Gasteiger partial charge in [0.15, 0.2) is 17.6 Å². The summed E-state index contributed by atoms with van der Waals surface area (Å²) in [5.74, 6) is 0.531. The zero-order chi connectivity index (χ0) is 14.8. The number of hydrogen-bond acceptors (Lipinski definition) is 6. The average molecular weight is 293 g/mol. The van der Waals surface area contributed by atoms with Crippen molar-refractivity contribution in [1.82, 2.24) is 4.90 Å². The Balaban J connectivity index is 1.74. The van der Waals surface area contributed by atoms with Gasteiger partial charge in [-0.3, -0.25) is 4.79 Å². The highest BCUT2D eigenvalue weighted by atomic mass is 16.7. The molecule has 0 aliphatic carbocycles. The topological polar surface area (TPSA) is 74.3 Å². The molecule has 0 bridgehead atoms. The van der Waals surface area contributed by atoms with Crippen LogP contribution in [0.25, 0.3) is 0 Å². The zero-order valence-corrected chi connectivity index (χ0v) is 11.5. The summed E-state index contributed by atoms with van der Waals surface area (Å²) in [6, 6.07) is 5.03. The Morgan fingerprint density at radius 3 is 2.90 bits per heavy atom. The summed E-state index contributed by atoms with van der Waals surface area (Å²) in [6.45, 7) is 1.08. The van der Waals surface area contributed by atoms with Crippen molar-refractivity contribution in [3.63, 3.8) is 0 Å². The number of ether oxygens (including phenoxy) is 4. The molecule has 7 nitrogen and oxygen atoms in total. The van der Waals surface area contributed by atoms with E-state index in [2.05, 4.69) is 4.74 Å². The molecule has 1 fully saturated rings. The molecule has 1 amide bonds. The van der Waals surface area contributed by atoms with Gasteiger partial charge in [-0.1, -0.05) is 0 Å². The normalized spacial score (nSPS) is 20.2. The molecule has 3 rings (SSSR count). The number of fused-ring (bicyclic) bond motifs is 1. The maximum absolute atomic E-state index is 12.5. The summed E-state index contributed by atoms with van der Waals surface area (Å²) in [6.07, 6.45) is -0.735. The van der Waals surface area contributed by atoms with Gasteiger partial charge in [-0.25, -0.2) is 4.79 Å². The highest BCUT2D eigenvalue weighted by Gasteiger charge is 2.30. The van der Waals surface area contributed by atoms with Gasteiger partial charge in [0.05, 0.1) is 20.3 Å². The van der Waals surface area contributed by atoms with E-state index in [9.17, 15) is 9.59 Å². The Morgan fingerprint density at radius 1 is 1.29 bits per heavy atom. The second kappa shape index (κ2) is 5.61. The van der Waals surface area contributed by atoms with Gasteiger partial charge >= 0.3 is 5.97 Å². The highest BCUT2D eigenvalue weighted by Crippen LogP contribution is 2.32. The minimum atomic E-state index is -0.735. The molecule has 1 aromatic rings. The van der Waals surface area contributed by atoms with E-state index < -0.39 is 12.1 Å². The molecule has 2 aliphatic rings. The molecule has 1 unspecified atom stereocenters. The smallest absolute Gasteiger partial charge is 0.336 e. The third-order valence-corrected chi connectivity index (χ3v) is 3.44. The fourth-order valence-electron chi connectivity index (χ4n) is 2.32. The van der Waals surface area contributed by atoms with Crippen LogP contribution in [0.15, 0.2) is 18.2 Å². The van der Waals surface area contributed by atoms with E-state index in [4.69, 9.17) is 14.2 Å². The molecule has 0 aromatic heterocycles. The predicted octanol–water partition coefficient (Wildman–Crippen LogP) is 0.429. The van der Waals surface area contributed by atoms with Crippen LogP contribution in [0.5, 0.6) is 11.5 Å². The van der Waals surface area contributed by atoms with Crippen LogP contribution in [-0.4, -0.2) is 56.5 Å². The third kappa shape index (κ3) is 2.64. The van der Waals surface area contributed by atoms with Gasteiger partial charge in [-0.2, -0.15) is 0 Å². The van der Waals surface area contributed by atoms with Crippen molar-refractivity contribution in [2.24, 2.45) is 0 Å². The van der Waals surface area contributed by atoms with Crippen LogP contribution < -0.4 is 9.47 Å². The number of benzene rings is 1. The van der Waals surface area contributed by atoms with E-state index in [1.807, 2.05) is 0 Å². The molecule has 2 aliphatic heterocycles. The van der Waals surface area contributed by atoms with Crippen molar-refractivity contribution in [2.45, 2.75) is 6.10 Å². The van der Waals surface area contributed by atoms with Crippen LogP contribution in [0.3, 0.4) is 0 Å². The summed E-state index contributed by atoms with van der Waals surface area (Å²) in [5, 5.41) is 0. The maximum atomic E-state index is 12.5. The molecule has 0 radical (unpaired) electrons. The predicted molar refractivity (Wildman–Crippen MR) is 70.2 cm³/mol. The minimum absolute atomic E-state index is 0.162. The summed E-state index contributed by atoms with van der Waals surface area (Å²) in [5.41, 5.74) is 0.491. The highest BCUT2D eigenvalue weighted by molar-refractivity contribution is 5.95. The monoisotopic (exact) mass is 293 g/mol. The SMILES string of the molecule is COC(=O)C1CN(C(=O)c2ccc3c(c2)OCO3)CCO1. The molecule has 21 heavy (non-hydrogen) atoms. The fourth-order valence-corrected chi connectivity index (χ4v) is 2.32. The molecule has 112 valence electrons. The standard InChI is InChI=1S/C14H15NO6/c1-18-14(17)12-7-15(4-5-19-12)13(16)9-2-3-10-11(6-9)21-8-20-10/h2-3,6,12H,4-5,7-8H2,1H3. The average Bonchev–Trinajstić information content (AvgIpc) is 3.01. The molecule has 1 atom stereocenters. The molecule has 1 aromatic carbocycles. The second-order valence-electron chi connectivity index (χ2n) is 4.70. The summed E-state index contributed by atoms with van der Waals surface area (Å²) in [7, 11) is 1.30. The lowest BCUT2D eigenvalue weighted by Gasteiger charge is -2.31. The van der Waals surface area contributed by atoms with Gasteiger partial charge < -0.3 is 23.8 Å². The van der Waals surface area contributed by atoms with Crippen molar-refractivity contribution in [3.05, 3.63) is 23.8 Å². The quantitative estimate of drug-likeness (QED) is 0.736. The number of carbonyl (C=O) groups excluding carboxylic acids is 2. The number of esters is 1. The van der Waals surface area contributed by atoms with Gasteiger partial charge in [0, 0.05) is 12.1 Å². The molecular formula is C14H15NO6. The van der Waals surface area contributed by atoms with Gasteiger partial charge in [0.25, 0.3) is 5.91 Å². The van der Waals surface area contributed by atoms with Crippen molar-refractivity contribution in [3.8, 4) is 11.5 Å². The summed E-state index contributed by atoms with van der Waals surface area (Å²) < 4.78 is 20.4. The first kappa shape index (κ1) is 13.7. The second-order valence-corrected chi connectivity index (χ2v) is 4.70. The van der Waals surface area contributed by atoms with Crippen LogP contribution in [0, 0.1) is 0 Å². The summed E-state index contributed by atoms with van der Waals surface area (Å²) >= 11 is 0. The van der Waals surface area contributed by atoms with Gasteiger partial charge in [-0.15, -0.1) is 0 Å². The van der Waals surface area contributed by atoms with E-state index in [1.54, 1.807) is 23.1 Å². The molecule has 2 heterocycles. The van der Waals surface area contributed by atoms with Crippen LogP contribution in [-0.2, 0) is 14.3 Å². The number of nitrogens with zero attached hydrogens (tertiary/aromatic N) is 1. The Labute approximate surface area is 121 Å². The van der Waals surface area contributed by atoms with Crippen LogP contribution >= 0.6 is 0 Å². The van der Waals surface area contributed by atoms with E-state index in [0.29, 0.717) is 30.2 Å². The van der Waals surface area contributed by atoms with E-state index >= 15 is 0 Å². The van der Waals surface area contributed by atoms with E-state index in [-0.39, 0.29) is 19.2 Å². The van der Waals surface area contributed by atoms with Crippen molar-refractivity contribution < 1.29 is 28.5 Å². The number of amides is 1. The summed E-state index contributed by atoms with van der Waals surface area (Å²) in [4.78, 5) is 25.6.